The molecule has 85 heavy (non-hydrogen) atoms. The number of fused-ring (bicyclic) bond motifs is 3. The second-order valence-corrected chi connectivity index (χ2v) is 21.5. The van der Waals surface area contributed by atoms with Crippen molar-refractivity contribution in [3.05, 3.63) is 87.5 Å². The van der Waals surface area contributed by atoms with E-state index in [1.807, 2.05) is 0 Å². The molecule has 27 nitrogen and oxygen atoms in total. The van der Waals surface area contributed by atoms with Gasteiger partial charge in [-0.25, -0.2) is 9.59 Å². The molecule has 2 aliphatic carbocycles. The number of unbranched alkanes of at least 4 members (excludes halogenated alkanes) is 3. The number of urea groups is 1. The first-order chi connectivity index (χ1) is 40.4. The number of aliphatic hydroxyl groups excluding tert-OH is 2. The highest BCUT2D eigenvalue weighted by Crippen LogP contribution is 2.52. The van der Waals surface area contributed by atoms with Gasteiger partial charge < -0.3 is 81.5 Å². The van der Waals surface area contributed by atoms with Crippen LogP contribution in [0, 0.1) is 5.92 Å². The maximum absolute atomic E-state index is 14.2. The summed E-state index contributed by atoms with van der Waals surface area (Å²) in [6.07, 6.45) is -3.29. The Labute approximate surface area is 487 Å². The first kappa shape index (κ1) is 64.1. The fraction of sp³-hybridized carbons (Fsp3) is 0.483. The van der Waals surface area contributed by atoms with Crippen LogP contribution in [0.25, 0.3) is 0 Å². The minimum absolute atomic E-state index is 0.00895. The van der Waals surface area contributed by atoms with Gasteiger partial charge in [-0.2, -0.15) is 0 Å². The summed E-state index contributed by atoms with van der Waals surface area (Å²) in [4.78, 5) is 131. The summed E-state index contributed by atoms with van der Waals surface area (Å²) in [6, 6.07) is 4.55. The molecule has 8 amide bonds. The molecule has 4 aliphatic rings. The number of ether oxygens (including phenoxy) is 5. The van der Waals surface area contributed by atoms with E-state index in [1.165, 1.54) is 69.5 Å². The van der Waals surface area contributed by atoms with Crippen LogP contribution in [0.2, 0.25) is 0 Å². The van der Waals surface area contributed by atoms with E-state index in [0.717, 1.165) is 4.90 Å². The summed E-state index contributed by atoms with van der Waals surface area (Å²) >= 11 is 0. The molecule has 0 aromatic heterocycles. The molecule has 0 spiro atoms. The maximum Gasteiger partial charge on any atom is 0.407 e. The Bertz CT molecular complexity index is 3130. The Hall–Kier alpha value is -8.50. The number of rotatable bonds is 26. The molecule has 2 aliphatic heterocycles. The molecule has 2 heterocycles. The lowest BCUT2D eigenvalue weighted by molar-refractivity contribution is -0.249. The average molecular weight is 1190 g/mol. The van der Waals surface area contributed by atoms with Crippen LogP contribution in [-0.4, -0.2) is 165 Å². The molecule has 1 saturated heterocycles. The van der Waals surface area contributed by atoms with Crippen molar-refractivity contribution in [3.63, 3.8) is 0 Å². The highest BCUT2D eigenvalue weighted by molar-refractivity contribution is 6.31. The number of Topliss-reactive ketones (excluding diaryl/α,β-unsaturated/α-hetero) is 1. The van der Waals surface area contributed by atoms with Crippen LogP contribution in [0.1, 0.15) is 134 Å². The van der Waals surface area contributed by atoms with Gasteiger partial charge in [0, 0.05) is 85.4 Å². The van der Waals surface area contributed by atoms with Gasteiger partial charge in [0.05, 0.1) is 48.7 Å². The first-order valence-corrected chi connectivity index (χ1v) is 27.7. The van der Waals surface area contributed by atoms with Gasteiger partial charge >= 0.3 is 12.1 Å². The number of nitrogens with zero attached hydrogens (tertiary/aromatic N) is 1. The van der Waals surface area contributed by atoms with Crippen LogP contribution in [0.15, 0.2) is 48.6 Å². The Balaban J connectivity index is 1.07. The number of ketones is 3. The third kappa shape index (κ3) is 14.9. The van der Waals surface area contributed by atoms with Crippen molar-refractivity contribution >= 4 is 64.7 Å². The van der Waals surface area contributed by atoms with Gasteiger partial charge in [0.2, 0.25) is 23.5 Å². The van der Waals surface area contributed by atoms with E-state index in [-0.39, 0.29) is 96.1 Å². The predicted octanol–water partition coefficient (Wildman–Crippen LogP) is 1.87. The Morgan fingerprint density at radius 2 is 1.59 bits per heavy atom. The lowest BCUT2D eigenvalue weighted by Gasteiger charge is -2.42. The number of anilines is 1. The first-order valence-electron chi connectivity index (χ1n) is 27.7. The zero-order valence-corrected chi connectivity index (χ0v) is 47.5. The monoisotopic (exact) mass is 1190 g/mol. The van der Waals surface area contributed by atoms with E-state index in [9.17, 15) is 73.5 Å². The van der Waals surface area contributed by atoms with Crippen LogP contribution < -0.4 is 41.8 Å². The van der Waals surface area contributed by atoms with Crippen molar-refractivity contribution in [1.82, 2.24) is 26.2 Å². The lowest BCUT2D eigenvalue weighted by atomic mass is 9.72. The van der Waals surface area contributed by atoms with Gasteiger partial charge in [-0.1, -0.05) is 38.8 Å². The van der Waals surface area contributed by atoms with Gasteiger partial charge in [-0.15, -0.1) is 0 Å². The second-order valence-electron chi connectivity index (χ2n) is 21.5. The molecule has 7 rings (SSSR count). The topological polar surface area (TPSA) is 407 Å². The van der Waals surface area contributed by atoms with Crippen molar-refractivity contribution in [2.75, 3.05) is 38.7 Å². The summed E-state index contributed by atoms with van der Waals surface area (Å²) in [7, 11) is 1.28. The van der Waals surface area contributed by atoms with E-state index < -0.39 is 144 Å². The van der Waals surface area contributed by atoms with Crippen LogP contribution in [0.3, 0.4) is 0 Å². The molecule has 0 saturated carbocycles. The van der Waals surface area contributed by atoms with Crippen molar-refractivity contribution in [3.8, 4) is 23.0 Å². The number of phenols is 2. The standard InChI is InChI=1S/C58H71N7O20/c1-28(2)48(61-30(4)67)55(77)63-35(13-11-19-60-56(59)78)54(76)62-32-16-15-31(38(22-32)82-21-9-7-6-8-20-65-41(69)17-18-42(65)70)27-83-57(79)64-36-23-43(84-29(3)49(36)71)85-39-25-58(80,40(68)26-66)24-34-45(39)53(75)47-46(51(34)73)50(72)33-12-10-14-37(81-5)44(33)52(47)74/h10,12,14-18,22,28-29,35-36,39,43,48-49,66,71,73,75,80H,6-9,11,13,19-21,23-27H2,1-5H3,(H,61,67)(H,62,76)(H,63,77)(H,64,79)(H3,59,60,78)/t29-,35-,36-,39-,43-,48-,49+,58-/m0/s1. The molecule has 27 heteroatoms. The number of aromatic hydroxyl groups is 2. The highest BCUT2D eigenvalue weighted by atomic mass is 16.7. The molecule has 8 atom stereocenters. The summed E-state index contributed by atoms with van der Waals surface area (Å²) in [5, 5.41) is 69.8. The number of carbonyl (C=O) groups is 10. The number of nitrogens with one attached hydrogen (secondary N) is 5. The zero-order chi connectivity index (χ0) is 62.0. The van der Waals surface area contributed by atoms with Crippen molar-refractivity contribution in [2.45, 2.75) is 140 Å². The van der Waals surface area contributed by atoms with Gasteiger partial charge in [0.15, 0.2) is 17.9 Å². The Morgan fingerprint density at radius 3 is 2.26 bits per heavy atom. The average Bonchev–Trinajstić information content (AvgIpc) is 1.03. The third-order valence-electron chi connectivity index (χ3n) is 15.1. The number of carbonyl (C=O) groups excluding carboxylic acids is 10. The van der Waals surface area contributed by atoms with Gasteiger partial charge in [-0.3, -0.25) is 43.3 Å². The normalized spacial score (nSPS) is 21.2. The van der Waals surface area contributed by atoms with Gasteiger partial charge in [0.25, 0.3) is 11.8 Å². The quantitative estimate of drug-likeness (QED) is 0.0243. The minimum Gasteiger partial charge on any atom is -0.507 e. The summed E-state index contributed by atoms with van der Waals surface area (Å²) in [6.45, 7) is 4.99. The van der Waals surface area contributed by atoms with Crippen molar-refractivity contribution in [2.24, 2.45) is 11.7 Å². The number of hydrogen-bond donors (Lipinski definition) is 11. The van der Waals surface area contributed by atoms with Crippen molar-refractivity contribution < 1.29 is 97.2 Å². The summed E-state index contributed by atoms with van der Waals surface area (Å²) in [5.41, 5.74) is 1.16. The molecule has 0 radical (unpaired) electrons. The number of benzene rings is 3. The molecule has 3 aromatic carbocycles. The fourth-order valence-electron chi connectivity index (χ4n) is 10.7. The molecule has 458 valence electrons. The fourth-order valence-corrected chi connectivity index (χ4v) is 10.7. The van der Waals surface area contributed by atoms with Gasteiger partial charge in [-0.05, 0) is 56.7 Å². The molecule has 1 fully saturated rings. The SMILES string of the molecule is COc1cccc2c1C(=O)c1c(O)c3c(c(O)c1C2=O)C[C@@](O)(C(=O)CO)C[C@@H]3O[C@H]1C[C@H](NC(=O)OCc2ccc(NC(=O)[C@H](CCCNC(N)=O)NC(=O)[C@@H](NC(C)=O)C(C)C)cc2OCCCCCCN2C(=O)C=CC2=O)[C@H](O)[C@H](C)O1. The number of primary amides is 1. The minimum atomic E-state index is -2.45. The number of hydrogen-bond acceptors (Lipinski definition) is 20. The highest BCUT2D eigenvalue weighted by Gasteiger charge is 2.50. The van der Waals surface area contributed by atoms with E-state index >= 15 is 0 Å². The van der Waals surface area contributed by atoms with E-state index in [1.54, 1.807) is 13.8 Å². The third-order valence-corrected chi connectivity index (χ3v) is 15.1. The number of amides is 8. The van der Waals surface area contributed by atoms with Gasteiger partial charge in [0.1, 0.15) is 60.0 Å². The van der Waals surface area contributed by atoms with E-state index in [4.69, 9.17) is 29.4 Å². The molecular formula is C58H71N7O20. The van der Waals surface area contributed by atoms with Crippen LogP contribution in [0.4, 0.5) is 15.3 Å². The number of phenolic OH excluding ortho intramolecular Hbond substituents is 2. The van der Waals surface area contributed by atoms with Crippen LogP contribution >= 0.6 is 0 Å². The summed E-state index contributed by atoms with van der Waals surface area (Å²) in [5.74, 6) is -7.18. The second kappa shape index (κ2) is 27.9. The Morgan fingerprint density at radius 1 is 0.882 bits per heavy atom. The molecular weight excluding hydrogens is 1110 g/mol. The largest absolute Gasteiger partial charge is 0.507 e. The van der Waals surface area contributed by atoms with Crippen LogP contribution in [0.5, 0.6) is 23.0 Å². The zero-order valence-electron chi connectivity index (χ0n) is 47.5. The lowest BCUT2D eigenvalue weighted by Crippen LogP contribution is -2.56. The molecule has 0 unspecified atom stereocenters. The predicted molar refractivity (Wildman–Crippen MR) is 297 cm³/mol. The maximum atomic E-state index is 14.2. The smallest absolute Gasteiger partial charge is 0.407 e. The summed E-state index contributed by atoms with van der Waals surface area (Å²) < 4.78 is 29.5. The molecule has 0 bridgehead atoms. The molecule has 12 N–H and O–H groups in total. The van der Waals surface area contributed by atoms with Crippen molar-refractivity contribution in [1.29, 1.82) is 0 Å². The number of nitrogens with two attached hydrogens (primary N) is 1. The number of alkyl carbamates (subject to hydrolysis) is 1. The van der Waals surface area contributed by atoms with Crippen LogP contribution in [-0.2, 0) is 56.0 Å². The van der Waals surface area contributed by atoms with E-state index in [0.29, 0.717) is 31.2 Å². The number of methoxy groups -OCH3 is 1. The van der Waals surface area contributed by atoms with E-state index in [2.05, 4.69) is 26.6 Å². The number of imide groups is 1. The number of aliphatic hydroxyl groups is 3. The molecule has 3 aromatic rings. The Kier molecular flexibility index (Phi) is 21.0.